The van der Waals surface area contributed by atoms with Crippen molar-refractivity contribution in [3.8, 4) is 17.2 Å². The highest BCUT2D eigenvalue weighted by atomic mass is 16.6. The van der Waals surface area contributed by atoms with Gasteiger partial charge in [0, 0.05) is 11.8 Å². The summed E-state index contributed by atoms with van der Waals surface area (Å²) >= 11 is 0. The molecule has 3 aromatic rings. The van der Waals surface area contributed by atoms with Gasteiger partial charge in [0.2, 0.25) is 0 Å². The molecule has 0 saturated heterocycles. The Morgan fingerprint density at radius 1 is 1.27 bits per heavy atom. The smallest absolute Gasteiger partial charge is 0.298 e. The second-order valence-corrected chi connectivity index (χ2v) is 4.82. The molecule has 2 aromatic carbocycles. The zero-order valence-corrected chi connectivity index (χ0v) is 11.6. The van der Waals surface area contributed by atoms with Crippen molar-refractivity contribution in [3.63, 3.8) is 0 Å². The number of nitro groups is 1. The molecule has 0 fully saturated rings. The Labute approximate surface area is 130 Å². The molecule has 1 heterocycles. The van der Waals surface area contributed by atoms with Crippen LogP contribution in [-0.4, -0.2) is 21.6 Å². The normalized spacial score (nSPS) is 13.4. The van der Waals surface area contributed by atoms with Gasteiger partial charge in [-0.1, -0.05) is 0 Å². The number of methoxy groups -OCH3 is 1. The minimum Gasteiger partial charge on any atom is -0.508 e. The Bertz CT molecular complexity index is 962. The third kappa shape index (κ3) is 2.05. The van der Waals surface area contributed by atoms with Gasteiger partial charge in [-0.25, -0.2) is 0 Å². The van der Waals surface area contributed by atoms with E-state index in [0.29, 0.717) is 22.3 Å². The molecule has 6 heteroatoms. The molecular weight excluding hydrogens is 284 g/mol. The number of fused-ring (bicyclic) bond motifs is 1. The van der Waals surface area contributed by atoms with Crippen molar-refractivity contribution in [1.29, 1.82) is 0 Å². The van der Waals surface area contributed by atoms with Gasteiger partial charge in [-0.05, 0) is 43.3 Å². The highest BCUT2D eigenvalue weighted by molar-refractivity contribution is 5.93. The number of aromatic nitrogens is 1. The molecule has 0 aliphatic rings. The maximum absolute atomic E-state index is 11.4. The summed E-state index contributed by atoms with van der Waals surface area (Å²) in [6.45, 7) is 1.61. The number of aromatic hydroxyl groups is 1. The molecule has 0 atom stereocenters. The summed E-state index contributed by atoms with van der Waals surface area (Å²) < 4.78 is 27.8. The van der Waals surface area contributed by atoms with Crippen LogP contribution in [0, 0.1) is 17.0 Å². The van der Waals surface area contributed by atoms with Gasteiger partial charge in [0.05, 0.1) is 32.7 Å². The fourth-order valence-corrected chi connectivity index (χ4v) is 2.61. The standard InChI is InChI=1S/C16H14N2O4/c1-10-16(18(20)21)14-8-5-12(19)9-15(14)17(10)11-3-6-13(22-2)7-4-11/h3-9,19H,1-2H3/i2D3. The predicted molar refractivity (Wildman–Crippen MR) is 82.9 cm³/mol. The van der Waals surface area contributed by atoms with Crippen molar-refractivity contribution >= 4 is 16.6 Å². The summed E-state index contributed by atoms with van der Waals surface area (Å²) in [5.74, 6) is 0.152. The third-order valence-corrected chi connectivity index (χ3v) is 3.55. The van der Waals surface area contributed by atoms with Crippen LogP contribution in [0.25, 0.3) is 16.6 Å². The van der Waals surface area contributed by atoms with Gasteiger partial charge in [-0.2, -0.15) is 0 Å². The largest absolute Gasteiger partial charge is 0.508 e. The van der Waals surface area contributed by atoms with Gasteiger partial charge in [0.15, 0.2) is 0 Å². The summed E-state index contributed by atoms with van der Waals surface area (Å²) in [6.07, 6.45) is 0. The first-order valence-corrected chi connectivity index (χ1v) is 6.45. The van der Waals surface area contributed by atoms with Gasteiger partial charge in [-0.15, -0.1) is 0 Å². The van der Waals surface area contributed by atoms with Crippen LogP contribution < -0.4 is 4.74 Å². The van der Waals surface area contributed by atoms with E-state index in [4.69, 9.17) is 8.85 Å². The molecule has 6 nitrogen and oxygen atoms in total. The summed E-state index contributed by atoms with van der Waals surface area (Å²) in [5, 5.41) is 21.6. The Kier molecular flexibility index (Phi) is 2.46. The van der Waals surface area contributed by atoms with Crippen molar-refractivity contribution in [2.75, 3.05) is 7.04 Å². The lowest BCUT2D eigenvalue weighted by Gasteiger charge is -2.08. The van der Waals surface area contributed by atoms with Gasteiger partial charge in [0.1, 0.15) is 11.5 Å². The molecule has 0 saturated carbocycles. The van der Waals surface area contributed by atoms with E-state index in [1.54, 1.807) is 23.6 Å². The van der Waals surface area contributed by atoms with E-state index in [-0.39, 0.29) is 17.2 Å². The van der Waals surface area contributed by atoms with Crippen molar-refractivity contribution in [3.05, 3.63) is 58.3 Å². The Morgan fingerprint density at radius 3 is 2.64 bits per heavy atom. The number of ether oxygens (including phenoxy) is 1. The lowest BCUT2D eigenvalue weighted by atomic mass is 10.2. The summed E-state index contributed by atoms with van der Waals surface area (Å²) in [7, 11) is -2.55. The monoisotopic (exact) mass is 301 g/mol. The Balaban J connectivity index is 2.17. The summed E-state index contributed by atoms with van der Waals surface area (Å²) in [6, 6.07) is 10.5. The van der Waals surface area contributed by atoms with Crippen molar-refractivity contribution in [2.24, 2.45) is 0 Å². The number of hydrogen-bond acceptors (Lipinski definition) is 4. The molecule has 0 radical (unpaired) electrons. The zero-order chi connectivity index (χ0) is 18.4. The van der Waals surface area contributed by atoms with Crippen LogP contribution in [-0.2, 0) is 0 Å². The van der Waals surface area contributed by atoms with Crippen LogP contribution in [0.1, 0.15) is 9.81 Å². The fourth-order valence-electron chi connectivity index (χ4n) is 2.61. The van der Waals surface area contributed by atoms with Crippen molar-refractivity contribution in [2.45, 2.75) is 6.92 Å². The van der Waals surface area contributed by atoms with Gasteiger partial charge in [-0.3, -0.25) is 10.1 Å². The lowest BCUT2D eigenvalue weighted by Crippen LogP contribution is -1.98. The molecule has 0 amide bonds. The number of nitrogens with zero attached hydrogens (tertiary/aromatic N) is 2. The number of hydrogen-bond donors (Lipinski definition) is 1. The molecule has 22 heavy (non-hydrogen) atoms. The SMILES string of the molecule is [2H]C([2H])([2H])Oc1ccc(-n2c(C)c([N+](=O)[O-])c3ccc(O)cc32)cc1. The first-order valence-electron chi connectivity index (χ1n) is 7.95. The third-order valence-electron chi connectivity index (χ3n) is 3.55. The first-order chi connectivity index (χ1) is 11.7. The molecule has 1 aromatic heterocycles. The quantitative estimate of drug-likeness (QED) is 0.592. The lowest BCUT2D eigenvalue weighted by molar-refractivity contribution is -0.383. The second kappa shape index (κ2) is 5.07. The number of phenols is 1. The molecule has 0 spiro atoms. The van der Waals surface area contributed by atoms with E-state index in [1.807, 2.05) is 0 Å². The highest BCUT2D eigenvalue weighted by Gasteiger charge is 2.24. The predicted octanol–water partition coefficient (Wildman–Crippen LogP) is 3.56. The van der Waals surface area contributed by atoms with E-state index in [1.165, 1.54) is 30.3 Å². The van der Waals surface area contributed by atoms with Gasteiger partial charge < -0.3 is 14.4 Å². The minimum absolute atomic E-state index is 0.0106. The first kappa shape index (κ1) is 10.7. The molecular formula is C16H14N2O4. The summed E-state index contributed by atoms with van der Waals surface area (Å²) in [5.41, 5.74) is 1.42. The van der Waals surface area contributed by atoms with Crippen LogP contribution in [0.15, 0.2) is 42.5 Å². The molecule has 0 aliphatic carbocycles. The molecule has 3 rings (SSSR count). The second-order valence-electron chi connectivity index (χ2n) is 4.82. The van der Waals surface area contributed by atoms with E-state index < -0.39 is 12.0 Å². The summed E-state index contributed by atoms with van der Waals surface area (Å²) in [4.78, 5) is 11.0. The fraction of sp³-hybridized carbons (Fsp3) is 0.125. The number of rotatable bonds is 3. The molecule has 1 N–H and O–H groups in total. The van der Waals surface area contributed by atoms with Crippen LogP contribution in [0.2, 0.25) is 0 Å². The van der Waals surface area contributed by atoms with Crippen LogP contribution in [0.4, 0.5) is 5.69 Å². The van der Waals surface area contributed by atoms with E-state index in [2.05, 4.69) is 0 Å². The maximum atomic E-state index is 11.4. The topological polar surface area (TPSA) is 77.5 Å². The average molecular weight is 301 g/mol. The van der Waals surface area contributed by atoms with Crippen molar-refractivity contribution < 1.29 is 18.9 Å². The van der Waals surface area contributed by atoms with Crippen LogP contribution >= 0.6 is 0 Å². The Hall–Kier alpha value is -3.02. The van der Waals surface area contributed by atoms with Gasteiger partial charge >= 0.3 is 0 Å². The average Bonchev–Trinajstić information content (AvgIpc) is 2.78. The van der Waals surface area contributed by atoms with E-state index in [9.17, 15) is 15.2 Å². The molecule has 0 unspecified atom stereocenters. The highest BCUT2D eigenvalue weighted by Crippen LogP contribution is 2.36. The van der Waals surface area contributed by atoms with Gasteiger partial charge in [0.25, 0.3) is 5.69 Å². The number of phenolic OH excluding ortho intramolecular Hbond substituents is 1. The molecule has 0 aliphatic heterocycles. The number of benzene rings is 2. The minimum atomic E-state index is -2.55. The van der Waals surface area contributed by atoms with E-state index >= 15 is 0 Å². The molecule has 0 bridgehead atoms. The van der Waals surface area contributed by atoms with E-state index in [0.717, 1.165) is 0 Å². The van der Waals surface area contributed by atoms with Crippen LogP contribution in [0.3, 0.4) is 0 Å². The Morgan fingerprint density at radius 2 is 2.00 bits per heavy atom. The molecule has 112 valence electrons. The maximum Gasteiger partial charge on any atom is 0.298 e. The van der Waals surface area contributed by atoms with Crippen molar-refractivity contribution in [1.82, 2.24) is 4.57 Å². The van der Waals surface area contributed by atoms with Crippen LogP contribution in [0.5, 0.6) is 11.5 Å². The zero-order valence-electron chi connectivity index (χ0n) is 14.6.